The van der Waals surface area contributed by atoms with Crippen molar-refractivity contribution in [2.75, 3.05) is 14.2 Å². The van der Waals surface area contributed by atoms with Crippen LogP contribution in [-0.2, 0) is 11.4 Å². The molecule has 0 atom stereocenters. The molecule has 0 amide bonds. The molecule has 1 N–H and O–H groups in total. The van der Waals surface area contributed by atoms with Gasteiger partial charge in [-0.1, -0.05) is 57.9 Å². The fraction of sp³-hybridized carbons (Fsp3) is 0.115. The minimum absolute atomic E-state index is 0.0385. The van der Waals surface area contributed by atoms with Gasteiger partial charge in [-0.3, -0.25) is 0 Å². The van der Waals surface area contributed by atoms with Crippen molar-refractivity contribution in [1.29, 1.82) is 0 Å². The Morgan fingerprint density at radius 2 is 1.81 bits per heavy atom. The van der Waals surface area contributed by atoms with Crippen LogP contribution in [0.15, 0.2) is 79.7 Å². The Bertz CT molecular complexity index is 1440. The molecule has 0 aliphatic heterocycles. The SMILES string of the molecule is COc1cc(/C=C(\Sc2nnc(-c3cc(Cl)ccc3OC)o2)C(=O)O)c(Br)cc1OCc1ccccc1. The smallest absolute Gasteiger partial charge is 0.342 e. The van der Waals surface area contributed by atoms with Crippen LogP contribution in [0, 0.1) is 0 Å². The number of hydrogen-bond donors (Lipinski definition) is 1. The highest BCUT2D eigenvalue weighted by atomic mass is 79.9. The number of carbonyl (C=O) groups is 1. The van der Waals surface area contributed by atoms with Gasteiger partial charge in [-0.2, -0.15) is 0 Å². The number of ether oxygens (including phenoxy) is 3. The van der Waals surface area contributed by atoms with Crippen molar-refractivity contribution in [2.24, 2.45) is 0 Å². The van der Waals surface area contributed by atoms with Crippen molar-refractivity contribution >= 4 is 51.3 Å². The lowest BCUT2D eigenvalue weighted by Crippen LogP contribution is -1.99. The van der Waals surface area contributed by atoms with E-state index in [9.17, 15) is 9.90 Å². The summed E-state index contributed by atoms with van der Waals surface area (Å²) in [7, 11) is 3.03. The average Bonchev–Trinajstić information content (AvgIpc) is 3.37. The number of benzene rings is 3. The minimum atomic E-state index is -1.17. The Morgan fingerprint density at radius 3 is 2.51 bits per heavy atom. The van der Waals surface area contributed by atoms with Gasteiger partial charge in [0.2, 0.25) is 0 Å². The molecule has 1 heterocycles. The number of aromatic nitrogens is 2. The fourth-order valence-corrected chi connectivity index (χ4v) is 4.52. The maximum Gasteiger partial charge on any atom is 0.342 e. The maximum absolute atomic E-state index is 12.0. The van der Waals surface area contributed by atoms with Gasteiger partial charge in [-0.05, 0) is 59.3 Å². The first-order valence-corrected chi connectivity index (χ1v) is 12.7. The molecule has 8 nitrogen and oxygen atoms in total. The number of aliphatic carboxylic acids is 1. The zero-order valence-corrected chi connectivity index (χ0v) is 22.8. The Kier molecular flexibility index (Phi) is 8.75. The maximum atomic E-state index is 12.0. The van der Waals surface area contributed by atoms with Gasteiger partial charge in [0.25, 0.3) is 11.1 Å². The predicted molar refractivity (Wildman–Crippen MR) is 144 cm³/mol. The summed E-state index contributed by atoms with van der Waals surface area (Å²) in [6, 6.07) is 18.1. The van der Waals surface area contributed by atoms with Crippen molar-refractivity contribution in [3.63, 3.8) is 0 Å². The molecule has 0 spiro atoms. The van der Waals surface area contributed by atoms with Crippen LogP contribution in [0.25, 0.3) is 17.5 Å². The van der Waals surface area contributed by atoms with E-state index in [-0.39, 0.29) is 16.0 Å². The van der Waals surface area contributed by atoms with Crippen molar-refractivity contribution in [3.8, 4) is 28.7 Å². The Balaban J connectivity index is 1.58. The Labute approximate surface area is 230 Å². The number of hydrogen-bond acceptors (Lipinski definition) is 8. The molecule has 4 rings (SSSR count). The number of rotatable bonds is 10. The zero-order valence-electron chi connectivity index (χ0n) is 19.6. The molecule has 0 saturated carbocycles. The van der Waals surface area contributed by atoms with Crippen LogP contribution in [0.1, 0.15) is 11.1 Å². The van der Waals surface area contributed by atoms with Gasteiger partial charge in [0.05, 0.1) is 19.8 Å². The molecule has 0 unspecified atom stereocenters. The van der Waals surface area contributed by atoms with Crippen molar-refractivity contribution in [3.05, 3.63) is 86.2 Å². The summed E-state index contributed by atoms with van der Waals surface area (Å²) in [5, 5.41) is 18.3. The van der Waals surface area contributed by atoms with E-state index in [0.717, 1.165) is 17.3 Å². The second kappa shape index (κ2) is 12.2. The zero-order chi connectivity index (χ0) is 26.4. The van der Waals surface area contributed by atoms with E-state index in [0.29, 0.717) is 44.5 Å². The van der Waals surface area contributed by atoms with E-state index in [1.54, 1.807) is 30.3 Å². The summed E-state index contributed by atoms with van der Waals surface area (Å²) in [4.78, 5) is 12.0. The van der Waals surface area contributed by atoms with Crippen LogP contribution in [-0.4, -0.2) is 35.5 Å². The van der Waals surface area contributed by atoms with Gasteiger partial charge < -0.3 is 23.7 Å². The van der Waals surface area contributed by atoms with Crippen LogP contribution in [0.5, 0.6) is 17.2 Å². The van der Waals surface area contributed by atoms with Crippen molar-refractivity contribution < 1.29 is 28.5 Å². The molecule has 190 valence electrons. The quantitative estimate of drug-likeness (QED) is 0.152. The molecule has 0 aliphatic rings. The molecule has 0 aliphatic carbocycles. The summed E-state index contributed by atoms with van der Waals surface area (Å²) in [6.45, 7) is 0.353. The molecule has 0 bridgehead atoms. The number of nitrogens with zero attached hydrogens (tertiary/aromatic N) is 2. The molecular weight excluding hydrogens is 584 g/mol. The van der Waals surface area contributed by atoms with Gasteiger partial charge in [0.1, 0.15) is 17.3 Å². The molecule has 4 aromatic rings. The molecule has 3 aromatic carbocycles. The topological polar surface area (TPSA) is 104 Å². The van der Waals surface area contributed by atoms with Gasteiger partial charge in [-0.15, -0.1) is 10.2 Å². The van der Waals surface area contributed by atoms with E-state index >= 15 is 0 Å². The predicted octanol–water partition coefficient (Wildman–Crippen LogP) is 6.97. The normalized spacial score (nSPS) is 11.3. The molecule has 0 saturated heterocycles. The Morgan fingerprint density at radius 1 is 1.05 bits per heavy atom. The molecule has 0 fully saturated rings. The summed E-state index contributed by atoms with van der Waals surface area (Å²) in [5.74, 6) is 0.434. The van der Waals surface area contributed by atoms with Crippen molar-refractivity contribution in [1.82, 2.24) is 10.2 Å². The molecule has 37 heavy (non-hydrogen) atoms. The van der Waals surface area contributed by atoms with Gasteiger partial charge >= 0.3 is 5.97 Å². The fourth-order valence-electron chi connectivity index (χ4n) is 3.25. The van der Waals surface area contributed by atoms with E-state index in [2.05, 4.69) is 26.1 Å². The van der Waals surface area contributed by atoms with Gasteiger partial charge in [-0.25, -0.2) is 4.79 Å². The van der Waals surface area contributed by atoms with E-state index in [4.69, 9.17) is 30.2 Å². The monoisotopic (exact) mass is 602 g/mol. The van der Waals surface area contributed by atoms with E-state index in [1.165, 1.54) is 20.3 Å². The van der Waals surface area contributed by atoms with Crippen molar-refractivity contribution in [2.45, 2.75) is 11.8 Å². The highest BCUT2D eigenvalue weighted by Crippen LogP contribution is 2.38. The summed E-state index contributed by atoms with van der Waals surface area (Å²) in [5.41, 5.74) is 2.06. The standard InChI is InChI=1S/C26H20BrClN2O6S/c1-33-20-9-8-17(28)12-18(20)24-29-30-26(36-24)37-23(25(31)32)11-16-10-21(34-2)22(13-19(16)27)35-14-15-6-4-3-5-7-15/h3-13H,14H2,1-2H3,(H,31,32)/b23-11-. The lowest BCUT2D eigenvalue weighted by atomic mass is 10.2. The lowest BCUT2D eigenvalue weighted by molar-refractivity contribution is -0.131. The summed E-state index contributed by atoms with van der Waals surface area (Å²) >= 11 is 10.4. The van der Waals surface area contributed by atoms with Crippen LogP contribution in [0.4, 0.5) is 0 Å². The number of methoxy groups -OCH3 is 2. The summed E-state index contributed by atoms with van der Waals surface area (Å²) in [6.07, 6.45) is 1.48. The van der Waals surface area contributed by atoms with Crippen LogP contribution in [0.2, 0.25) is 5.02 Å². The number of carboxylic acids is 1. The number of thioether (sulfide) groups is 1. The minimum Gasteiger partial charge on any atom is -0.496 e. The van der Waals surface area contributed by atoms with Gasteiger partial charge in [0.15, 0.2) is 11.5 Å². The molecule has 11 heteroatoms. The molecular formula is C26H20BrClN2O6S. The number of carboxylic acid groups (broad SMARTS) is 1. The first-order chi connectivity index (χ1) is 17.9. The van der Waals surface area contributed by atoms with E-state index in [1.807, 2.05) is 30.3 Å². The van der Waals surface area contributed by atoms with Gasteiger partial charge in [0, 0.05) is 9.50 Å². The second-order valence-corrected chi connectivity index (χ2v) is 9.72. The second-order valence-electron chi connectivity index (χ2n) is 7.43. The highest BCUT2D eigenvalue weighted by Gasteiger charge is 2.19. The highest BCUT2D eigenvalue weighted by molar-refractivity contribution is 9.10. The third kappa shape index (κ3) is 6.65. The van der Waals surface area contributed by atoms with Crippen LogP contribution < -0.4 is 14.2 Å². The third-order valence-corrected chi connectivity index (χ3v) is 6.79. The van der Waals surface area contributed by atoms with Crippen LogP contribution in [0.3, 0.4) is 0 Å². The van der Waals surface area contributed by atoms with Crippen LogP contribution >= 0.6 is 39.3 Å². The lowest BCUT2D eigenvalue weighted by Gasteiger charge is -2.13. The Hall–Kier alpha value is -3.47. The largest absolute Gasteiger partial charge is 0.496 e. The van der Waals surface area contributed by atoms with E-state index < -0.39 is 5.97 Å². The first-order valence-electron chi connectivity index (χ1n) is 10.7. The molecule has 1 aromatic heterocycles. The molecule has 0 radical (unpaired) electrons. The summed E-state index contributed by atoms with van der Waals surface area (Å²) < 4.78 is 23.0. The number of halogens is 2. The third-order valence-electron chi connectivity index (χ3n) is 5.01. The first kappa shape index (κ1) is 26.6. The average molecular weight is 604 g/mol.